The number of rotatable bonds is 2. The molecule has 4 N–H and O–H groups in total. The first kappa shape index (κ1) is 13.7. The van der Waals surface area contributed by atoms with Gasteiger partial charge in [-0.05, 0) is 5.92 Å². The smallest absolute Gasteiger partial charge is 0.278 e. The second-order valence-corrected chi connectivity index (χ2v) is 5.97. The van der Waals surface area contributed by atoms with Crippen LogP contribution in [-0.2, 0) is 9.47 Å². The summed E-state index contributed by atoms with van der Waals surface area (Å²) in [6.45, 7) is 2.75. The van der Waals surface area contributed by atoms with Gasteiger partial charge in [-0.3, -0.25) is 14.3 Å². The summed E-state index contributed by atoms with van der Waals surface area (Å²) in [4.78, 5) is 22.8. The van der Waals surface area contributed by atoms with Gasteiger partial charge < -0.3 is 20.3 Å². The van der Waals surface area contributed by atoms with Crippen molar-refractivity contribution >= 4 is 17.1 Å². The zero-order valence-corrected chi connectivity index (χ0v) is 12.0. The van der Waals surface area contributed by atoms with Gasteiger partial charge in [0.05, 0.1) is 26.1 Å². The lowest BCUT2D eigenvalue weighted by atomic mass is 9.81. The van der Waals surface area contributed by atoms with E-state index < -0.39 is 11.8 Å². The Labute approximate surface area is 125 Å². The monoisotopic (exact) mass is 307 g/mol. The van der Waals surface area contributed by atoms with Gasteiger partial charge >= 0.3 is 0 Å². The first-order valence-electron chi connectivity index (χ1n) is 7.14. The molecule has 2 aliphatic rings. The molecular weight excluding hydrogens is 290 g/mol. The highest BCUT2D eigenvalue weighted by Gasteiger charge is 2.56. The summed E-state index contributed by atoms with van der Waals surface area (Å²) in [7, 11) is 0. The minimum atomic E-state index is -0.738. The van der Waals surface area contributed by atoms with Crippen molar-refractivity contribution in [3.63, 3.8) is 0 Å². The molecule has 2 aliphatic heterocycles. The van der Waals surface area contributed by atoms with Crippen molar-refractivity contribution in [2.75, 3.05) is 25.6 Å². The Morgan fingerprint density at radius 1 is 1.64 bits per heavy atom. The zero-order valence-electron chi connectivity index (χ0n) is 12.0. The Morgan fingerprint density at radius 3 is 3.18 bits per heavy atom. The average Bonchev–Trinajstić information content (AvgIpc) is 2.94. The van der Waals surface area contributed by atoms with Crippen molar-refractivity contribution in [3.05, 3.63) is 16.7 Å². The molecule has 9 nitrogen and oxygen atoms in total. The first-order valence-corrected chi connectivity index (χ1v) is 7.14. The third kappa shape index (κ3) is 1.67. The minimum absolute atomic E-state index is 0.0234. The van der Waals surface area contributed by atoms with Crippen LogP contribution in [0.1, 0.15) is 13.2 Å². The average molecular weight is 307 g/mol. The normalized spacial score (nSPS) is 34.4. The number of anilines is 1. The van der Waals surface area contributed by atoms with Gasteiger partial charge in [0.1, 0.15) is 11.8 Å². The van der Waals surface area contributed by atoms with Gasteiger partial charge in [-0.2, -0.15) is 4.98 Å². The predicted molar refractivity (Wildman–Crippen MR) is 76.0 cm³/mol. The Balaban J connectivity index is 1.85. The van der Waals surface area contributed by atoms with Gasteiger partial charge in [0.25, 0.3) is 5.56 Å². The SMILES string of the molecule is C[C@@H]1C2COC[C@]1(CO)O[C@H]2n1cnc2nc(N)[nH]c(=O)c21. The lowest BCUT2D eigenvalue weighted by Crippen LogP contribution is -2.47. The van der Waals surface area contributed by atoms with E-state index in [1.165, 1.54) is 6.33 Å². The molecule has 4 atom stereocenters. The van der Waals surface area contributed by atoms with Crippen molar-refractivity contribution in [1.82, 2.24) is 19.5 Å². The van der Waals surface area contributed by atoms with Crippen LogP contribution in [0.25, 0.3) is 11.2 Å². The topological polar surface area (TPSA) is 128 Å². The van der Waals surface area contributed by atoms with E-state index in [2.05, 4.69) is 15.0 Å². The highest BCUT2D eigenvalue weighted by atomic mass is 16.6. The van der Waals surface area contributed by atoms with Crippen molar-refractivity contribution in [3.8, 4) is 0 Å². The fourth-order valence-corrected chi connectivity index (χ4v) is 3.48. The number of imidazole rings is 1. The molecule has 0 saturated carbocycles. The van der Waals surface area contributed by atoms with Crippen molar-refractivity contribution in [1.29, 1.82) is 0 Å². The van der Waals surface area contributed by atoms with Gasteiger partial charge in [-0.25, -0.2) is 4.98 Å². The molecule has 2 aromatic rings. The Bertz CT molecular complexity index is 786. The summed E-state index contributed by atoms with van der Waals surface area (Å²) in [5.41, 5.74) is 5.02. The molecule has 0 aromatic carbocycles. The van der Waals surface area contributed by atoms with E-state index in [1.54, 1.807) is 4.57 Å². The van der Waals surface area contributed by atoms with Gasteiger partial charge in [-0.15, -0.1) is 0 Å². The maximum absolute atomic E-state index is 12.2. The standard InChI is InChI=1S/C13H17N5O4/c1-6-7-2-21-4-13(6,3-19)22-11(7)18-5-15-9-8(18)10(20)17-12(14)16-9/h5-7,11,19H,2-4H2,1H3,(H3,14,16,17,20)/t6-,7?,11-,13+/m1/s1. The molecule has 0 radical (unpaired) electrons. The highest BCUT2D eigenvalue weighted by Crippen LogP contribution is 2.49. The number of nitrogens with two attached hydrogens (primary N) is 1. The van der Waals surface area contributed by atoms with Crippen LogP contribution < -0.4 is 11.3 Å². The lowest BCUT2D eigenvalue weighted by molar-refractivity contribution is -0.138. The lowest BCUT2D eigenvalue weighted by Gasteiger charge is -2.34. The molecule has 4 heterocycles. The second-order valence-electron chi connectivity index (χ2n) is 5.97. The Kier molecular flexibility index (Phi) is 2.80. The van der Waals surface area contributed by atoms with Crippen LogP contribution in [0.3, 0.4) is 0 Å². The number of nitrogens with one attached hydrogen (secondary N) is 1. The van der Waals surface area contributed by atoms with E-state index in [9.17, 15) is 9.90 Å². The van der Waals surface area contributed by atoms with Crippen LogP contribution in [0.15, 0.2) is 11.1 Å². The number of fused-ring (bicyclic) bond motifs is 3. The third-order valence-electron chi connectivity index (χ3n) is 4.85. The molecule has 4 rings (SSSR count). The van der Waals surface area contributed by atoms with E-state index in [4.69, 9.17) is 15.2 Å². The van der Waals surface area contributed by atoms with Gasteiger partial charge in [0.2, 0.25) is 5.95 Å². The largest absolute Gasteiger partial charge is 0.393 e. The van der Waals surface area contributed by atoms with Crippen LogP contribution in [0, 0.1) is 11.8 Å². The van der Waals surface area contributed by atoms with Gasteiger partial charge in [-0.1, -0.05) is 6.92 Å². The van der Waals surface area contributed by atoms with Crippen LogP contribution in [-0.4, -0.2) is 50.0 Å². The zero-order chi connectivity index (χ0) is 15.5. The highest BCUT2D eigenvalue weighted by molar-refractivity contribution is 5.70. The fraction of sp³-hybridized carbons (Fsp3) is 0.615. The quantitative estimate of drug-likeness (QED) is 0.665. The summed E-state index contributed by atoms with van der Waals surface area (Å²) >= 11 is 0. The number of aliphatic hydroxyl groups is 1. The van der Waals surface area contributed by atoms with Crippen LogP contribution >= 0.6 is 0 Å². The Hall–Kier alpha value is -1.97. The summed E-state index contributed by atoms with van der Waals surface area (Å²) in [6, 6.07) is 0. The van der Waals surface area contributed by atoms with Crippen molar-refractivity contribution < 1.29 is 14.6 Å². The molecule has 118 valence electrons. The predicted octanol–water partition coefficient (Wildman–Crippen LogP) is -0.756. The van der Waals surface area contributed by atoms with Gasteiger partial charge in [0, 0.05) is 5.92 Å². The van der Waals surface area contributed by atoms with E-state index >= 15 is 0 Å². The molecule has 2 aromatic heterocycles. The fourth-order valence-electron chi connectivity index (χ4n) is 3.48. The molecule has 22 heavy (non-hydrogen) atoms. The number of hydrogen-bond acceptors (Lipinski definition) is 7. The number of nitrogens with zero attached hydrogens (tertiary/aromatic N) is 3. The molecule has 2 fully saturated rings. The maximum Gasteiger partial charge on any atom is 0.278 e. The third-order valence-corrected chi connectivity index (χ3v) is 4.85. The molecule has 2 saturated heterocycles. The van der Waals surface area contributed by atoms with Crippen LogP contribution in [0.2, 0.25) is 0 Å². The molecule has 1 unspecified atom stereocenters. The summed E-state index contributed by atoms with van der Waals surface area (Å²) < 4.78 is 13.3. The molecular formula is C13H17N5O4. The first-order chi connectivity index (χ1) is 10.6. The van der Waals surface area contributed by atoms with E-state index in [0.29, 0.717) is 18.7 Å². The summed E-state index contributed by atoms with van der Waals surface area (Å²) in [6.07, 6.45) is 1.09. The number of aromatic amines is 1. The van der Waals surface area contributed by atoms with Gasteiger partial charge in [0.15, 0.2) is 11.2 Å². The molecule has 2 bridgehead atoms. The van der Waals surface area contributed by atoms with E-state index in [-0.39, 0.29) is 35.6 Å². The minimum Gasteiger partial charge on any atom is -0.393 e. The Morgan fingerprint density at radius 2 is 2.45 bits per heavy atom. The maximum atomic E-state index is 12.2. The number of ether oxygens (including phenoxy) is 2. The number of hydrogen-bond donors (Lipinski definition) is 3. The number of aliphatic hydroxyl groups excluding tert-OH is 1. The summed E-state index contributed by atoms with van der Waals surface area (Å²) in [5, 5.41) is 9.73. The van der Waals surface area contributed by atoms with Crippen LogP contribution in [0.5, 0.6) is 0 Å². The van der Waals surface area contributed by atoms with Crippen LogP contribution in [0.4, 0.5) is 5.95 Å². The molecule has 9 heteroatoms. The molecule has 0 aliphatic carbocycles. The van der Waals surface area contributed by atoms with Crippen molar-refractivity contribution in [2.24, 2.45) is 11.8 Å². The number of aromatic nitrogens is 4. The van der Waals surface area contributed by atoms with Crippen molar-refractivity contribution in [2.45, 2.75) is 18.8 Å². The molecule has 0 spiro atoms. The van der Waals surface area contributed by atoms with E-state index in [1.807, 2.05) is 6.92 Å². The summed E-state index contributed by atoms with van der Waals surface area (Å²) in [5.74, 6) is 0.155. The number of nitrogen functional groups attached to an aromatic ring is 1. The second kappa shape index (κ2) is 4.51. The number of H-pyrrole nitrogens is 1. The molecule has 0 amide bonds. The van der Waals surface area contributed by atoms with E-state index in [0.717, 1.165) is 0 Å².